The largest absolute Gasteiger partial charge is 0.490 e. The molecule has 2 aromatic carbocycles. The summed E-state index contributed by atoms with van der Waals surface area (Å²) in [5.74, 6) is 1.44. The SMILES string of the molecule is Cc1cc2c(OC[C@@H](O)CN3CC[C@@H](c4cc5c(C)cccc5s4)C[C@H]3C)cccc2[nH]1. The zero-order chi connectivity index (χ0) is 22.2. The fourth-order valence-electron chi connectivity index (χ4n) is 5.08. The van der Waals surface area contributed by atoms with Gasteiger partial charge in [0.15, 0.2) is 0 Å². The van der Waals surface area contributed by atoms with Crippen molar-refractivity contribution in [3.63, 3.8) is 0 Å². The molecule has 3 heterocycles. The quantitative estimate of drug-likeness (QED) is 0.380. The van der Waals surface area contributed by atoms with Gasteiger partial charge in [-0.1, -0.05) is 18.2 Å². The minimum absolute atomic E-state index is 0.311. The molecule has 1 aliphatic heterocycles. The number of nitrogens with one attached hydrogen (secondary N) is 1. The van der Waals surface area contributed by atoms with Crippen LogP contribution in [0.2, 0.25) is 0 Å². The average molecular weight is 449 g/mol. The van der Waals surface area contributed by atoms with E-state index in [0.717, 1.165) is 41.7 Å². The summed E-state index contributed by atoms with van der Waals surface area (Å²) in [7, 11) is 0. The summed E-state index contributed by atoms with van der Waals surface area (Å²) in [5.41, 5.74) is 3.55. The number of likely N-dealkylation sites (tertiary alicyclic amines) is 1. The number of β-amino-alcohol motifs (C(OH)–C–C–N with tert-alkyl or cyclic N) is 1. The highest BCUT2D eigenvalue weighted by Gasteiger charge is 2.29. The van der Waals surface area contributed by atoms with Gasteiger partial charge in [0.05, 0.1) is 0 Å². The van der Waals surface area contributed by atoms with Crippen molar-refractivity contribution < 1.29 is 9.84 Å². The van der Waals surface area contributed by atoms with Gasteiger partial charge in [-0.2, -0.15) is 0 Å². The Morgan fingerprint density at radius 2 is 2.00 bits per heavy atom. The van der Waals surface area contributed by atoms with Crippen LogP contribution in [0.25, 0.3) is 21.0 Å². The van der Waals surface area contributed by atoms with Crippen LogP contribution >= 0.6 is 11.3 Å². The molecule has 0 amide bonds. The standard InChI is InChI=1S/C27H32N2O2S/c1-17-6-4-9-26-22(17)14-27(32-26)20-10-11-29(19(3)13-20)15-21(30)16-31-25-8-5-7-24-23(25)12-18(2)28-24/h4-9,12,14,19-21,28,30H,10-11,13,15-16H2,1-3H3/t19-,20-,21+/m1/s1. The van der Waals surface area contributed by atoms with Gasteiger partial charge in [0.2, 0.25) is 0 Å². The number of H-pyrrole nitrogens is 1. The van der Waals surface area contributed by atoms with E-state index in [2.05, 4.69) is 60.1 Å². The molecule has 32 heavy (non-hydrogen) atoms. The third-order valence-corrected chi connectivity index (χ3v) is 8.11. The molecule has 1 saturated heterocycles. The number of benzene rings is 2. The maximum atomic E-state index is 10.7. The molecule has 1 aliphatic rings. The van der Waals surface area contributed by atoms with Crippen LogP contribution < -0.4 is 4.74 Å². The van der Waals surface area contributed by atoms with Crippen LogP contribution in [0.15, 0.2) is 48.5 Å². The number of fused-ring (bicyclic) bond motifs is 2. The Labute approximate surface area is 193 Å². The number of aliphatic hydroxyl groups is 1. The maximum Gasteiger partial charge on any atom is 0.128 e. The van der Waals surface area contributed by atoms with Gasteiger partial charge in [0.1, 0.15) is 18.5 Å². The molecule has 168 valence electrons. The predicted molar refractivity (Wildman–Crippen MR) is 134 cm³/mol. The minimum atomic E-state index is -0.503. The lowest BCUT2D eigenvalue weighted by molar-refractivity contribution is 0.0408. The van der Waals surface area contributed by atoms with Crippen LogP contribution in [0, 0.1) is 13.8 Å². The lowest BCUT2D eigenvalue weighted by atomic mass is 9.90. The number of hydrogen-bond acceptors (Lipinski definition) is 4. The van der Waals surface area contributed by atoms with Crippen LogP contribution in [0.5, 0.6) is 5.75 Å². The summed E-state index contributed by atoms with van der Waals surface area (Å²) in [6.07, 6.45) is 1.78. The molecular weight excluding hydrogens is 416 g/mol. The average Bonchev–Trinajstić information content (AvgIpc) is 3.37. The van der Waals surface area contributed by atoms with Crippen LogP contribution in [0.3, 0.4) is 0 Å². The summed E-state index contributed by atoms with van der Waals surface area (Å²) >= 11 is 1.95. The van der Waals surface area contributed by atoms with Crippen LogP contribution in [-0.2, 0) is 0 Å². The molecule has 0 radical (unpaired) electrons. The number of aliphatic hydroxyl groups excluding tert-OH is 1. The Bertz CT molecular complexity index is 1230. The molecule has 0 spiro atoms. The first kappa shape index (κ1) is 21.5. The first-order valence-corrected chi connectivity index (χ1v) is 12.4. The number of piperidine rings is 1. The fourth-order valence-corrected chi connectivity index (χ4v) is 6.37. The molecular formula is C27H32N2O2S. The lowest BCUT2D eigenvalue weighted by Gasteiger charge is -2.38. The summed E-state index contributed by atoms with van der Waals surface area (Å²) in [6, 6.07) is 17.6. The van der Waals surface area contributed by atoms with Gasteiger partial charge in [-0.15, -0.1) is 11.3 Å². The molecule has 0 saturated carbocycles. The van der Waals surface area contributed by atoms with E-state index < -0.39 is 6.10 Å². The number of aryl methyl sites for hydroxylation is 2. The Morgan fingerprint density at radius 3 is 2.81 bits per heavy atom. The Hall–Kier alpha value is -2.34. The molecule has 2 aromatic heterocycles. The van der Waals surface area contributed by atoms with Crippen LogP contribution in [-0.4, -0.2) is 46.8 Å². The highest BCUT2D eigenvalue weighted by Crippen LogP contribution is 2.39. The normalized spacial score (nSPS) is 20.8. The number of nitrogens with zero attached hydrogens (tertiary/aromatic N) is 1. The van der Waals surface area contributed by atoms with Crippen molar-refractivity contribution in [2.24, 2.45) is 0 Å². The second-order valence-electron chi connectivity index (χ2n) is 9.34. The molecule has 3 atom stereocenters. The number of aromatic nitrogens is 1. The van der Waals surface area contributed by atoms with E-state index in [-0.39, 0.29) is 0 Å². The molecule has 4 nitrogen and oxygen atoms in total. The van der Waals surface area contributed by atoms with Gasteiger partial charge in [-0.05, 0) is 87.4 Å². The molecule has 1 fully saturated rings. The molecule has 4 aromatic rings. The molecule has 0 unspecified atom stereocenters. The van der Waals surface area contributed by atoms with E-state index >= 15 is 0 Å². The van der Waals surface area contributed by atoms with Crippen molar-refractivity contribution in [3.05, 3.63) is 64.7 Å². The van der Waals surface area contributed by atoms with Gasteiger partial charge in [-0.25, -0.2) is 0 Å². The number of aromatic amines is 1. The third-order valence-electron chi connectivity index (χ3n) is 6.85. The minimum Gasteiger partial charge on any atom is -0.490 e. The maximum absolute atomic E-state index is 10.7. The van der Waals surface area contributed by atoms with Crippen molar-refractivity contribution in [2.45, 2.75) is 51.7 Å². The van der Waals surface area contributed by atoms with E-state index in [1.165, 1.54) is 20.5 Å². The zero-order valence-electron chi connectivity index (χ0n) is 19.1. The molecule has 2 N–H and O–H groups in total. The summed E-state index contributed by atoms with van der Waals surface area (Å²) in [6.45, 7) is 8.52. The van der Waals surface area contributed by atoms with Crippen LogP contribution in [0.4, 0.5) is 0 Å². The smallest absolute Gasteiger partial charge is 0.128 e. The van der Waals surface area contributed by atoms with E-state index in [9.17, 15) is 5.11 Å². The van der Waals surface area contributed by atoms with Gasteiger partial charge < -0.3 is 14.8 Å². The molecule has 5 rings (SSSR count). The lowest BCUT2D eigenvalue weighted by Crippen LogP contribution is -2.45. The number of rotatable bonds is 6. The van der Waals surface area contributed by atoms with Gasteiger partial charge >= 0.3 is 0 Å². The van der Waals surface area contributed by atoms with E-state index in [4.69, 9.17) is 4.74 Å². The van der Waals surface area contributed by atoms with Gasteiger partial charge in [0.25, 0.3) is 0 Å². The molecule has 0 aliphatic carbocycles. The molecule has 0 bridgehead atoms. The highest BCUT2D eigenvalue weighted by molar-refractivity contribution is 7.19. The number of thiophene rings is 1. The second kappa shape index (κ2) is 8.89. The highest BCUT2D eigenvalue weighted by atomic mass is 32.1. The van der Waals surface area contributed by atoms with Crippen molar-refractivity contribution in [2.75, 3.05) is 19.7 Å². The number of hydrogen-bond donors (Lipinski definition) is 2. The summed E-state index contributed by atoms with van der Waals surface area (Å²) < 4.78 is 7.41. The fraction of sp³-hybridized carbons (Fsp3) is 0.407. The van der Waals surface area contributed by atoms with E-state index in [0.29, 0.717) is 25.1 Å². The summed E-state index contributed by atoms with van der Waals surface area (Å²) in [5, 5.41) is 13.2. The van der Waals surface area contributed by atoms with Crippen molar-refractivity contribution in [1.29, 1.82) is 0 Å². The van der Waals surface area contributed by atoms with Crippen molar-refractivity contribution >= 4 is 32.3 Å². The summed E-state index contributed by atoms with van der Waals surface area (Å²) in [4.78, 5) is 7.27. The third kappa shape index (κ3) is 4.29. The van der Waals surface area contributed by atoms with Crippen molar-refractivity contribution in [1.82, 2.24) is 9.88 Å². The number of ether oxygens (including phenoxy) is 1. The Balaban J connectivity index is 1.18. The first-order chi connectivity index (χ1) is 15.5. The van der Waals surface area contributed by atoms with Gasteiger partial charge in [-0.3, -0.25) is 4.90 Å². The van der Waals surface area contributed by atoms with E-state index in [1.807, 2.05) is 30.4 Å². The second-order valence-corrected chi connectivity index (χ2v) is 10.5. The monoisotopic (exact) mass is 448 g/mol. The van der Waals surface area contributed by atoms with Crippen molar-refractivity contribution in [3.8, 4) is 5.75 Å². The molecule has 5 heteroatoms. The Kier molecular flexibility index (Phi) is 5.97. The first-order valence-electron chi connectivity index (χ1n) is 11.6. The zero-order valence-corrected chi connectivity index (χ0v) is 19.9. The predicted octanol–water partition coefficient (Wildman–Crippen LogP) is 6.01. The van der Waals surface area contributed by atoms with Gasteiger partial charge in [0, 0.05) is 38.8 Å². The topological polar surface area (TPSA) is 48.5 Å². The van der Waals surface area contributed by atoms with Crippen LogP contribution in [0.1, 0.15) is 41.8 Å². The van der Waals surface area contributed by atoms with E-state index in [1.54, 1.807) is 0 Å². The Morgan fingerprint density at radius 1 is 1.16 bits per heavy atom.